The highest BCUT2D eigenvalue weighted by molar-refractivity contribution is 7.90. The van der Waals surface area contributed by atoms with Gasteiger partial charge in [-0.1, -0.05) is 48.0 Å². The van der Waals surface area contributed by atoms with Gasteiger partial charge in [0.05, 0.1) is 21.6 Å². The van der Waals surface area contributed by atoms with E-state index in [1.807, 2.05) is 30.3 Å². The Morgan fingerprint density at radius 3 is 2.38 bits per heavy atom. The molecule has 1 unspecified atom stereocenters. The van der Waals surface area contributed by atoms with E-state index in [9.17, 15) is 18.0 Å². The summed E-state index contributed by atoms with van der Waals surface area (Å²) in [6, 6.07) is 18.8. The molecule has 1 atom stereocenters. The maximum atomic E-state index is 12.6. The zero-order valence-electron chi connectivity index (χ0n) is 18.2. The van der Waals surface area contributed by atoms with Crippen molar-refractivity contribution in [1.29, 1.82) is 0 Å². The van der Waals surface area contributed by atoms with Gasteiger partial charge in [0, 0.05) is 23.9 Å². The maximum Gasteiger partial charge on any atom is 0.319 e. The van der Waals surface area contributed by atoms with E-state index in [1.165, 1.54) is 36.4 Å². The third-order valence-corrected chi connectivity index (χ3v) is 6.25. The molecule has 34 heavy (non-hydrogen) atoms. The zero-order valence-corrected chi connectivity index (χ0v) is 19.8. The lowest BCUT2D eigenvalue weighted by Crippen LogP contribution is -2.32. The molecule has 3 amide bonds. The number of sulfone groups is 1. The third kappa shape index (κ3) is 6.61. The number of rotatable bonds is 7. The van der Waals surface area contributed by atoms with Crippen LogP contribution in [0.4, 0.5) is 16.2 Å². The van der Waals surface area contributed by atoms with E-state index in [0.29, 0.717) is 17.8 Å². The van der Waals surface area contributed by atoms with E-state index in [4.69, 9.17) is 18.0 Å². The molecule has 0 saturated carbocycles. The first-order valence-corrected chi connectivity index (χ1v) is 12.4. The average Bonchev–Trinajstić information content (AvgIpc) is 2.80. The molecule has 0 saturated heterocycles. The molecule has 0 heterocycles. The number of carbonyl (C=O) groups excluding carboxylic acids is 2. The molecule has 0 fully saturated rings. The van der Waals surface area contributed by atoms with Crippen molar-refractivity contribution in [1.82, 2.24) is 5.32 Å². The molecule has 9 heteroatoms. The summed E-state index contributed by atoms with van der Waals surface area (Å²) in [4.78, 5) is 25.1. The lowest BCUT2D eigenvalue weighted by atomic mass is 10.0. The number of nitrogens with one attached hydrogen (secondary N) is 3. The van der Waals surface area contributed by atoms with Gasteiger partial charge in [0.1, 0.15) is 0 Å². The Kier molecular flexibility index (Phi) is 7.95. The highest BCUT2D eigenvalue weighted by atomic mass is 35.5. The van der Waals surface area contributed by atoms with Crippen LogP contribution in [-0.2, 0) is 9.84 Å². The molecule has 174 valence electrons. The minimum atomic E-state index is -3.45. The van der Waals surface area contributed by atoms with Crippen LogP contribution in [0.15, 0.2) is 77.7 Å². The van der Waals surface area contributed by atoms with Crippen molar-refractivity contribution in [2.45, 2.75) is 17.4 Å². The molecule has 7 nitrogen and oxygen atoms in total. The number of anilines is 2. The van der Waals surface area contributed by atoms with Gasteiger partial charge >= 0.3 is 6.03 Å². The van der Waals surface area contributed by atoms with Crippen molar-refractivity contribution in [2.24, 2.45) is 0 Å². The predicted octanol–water partition coefficient (Wildman–Crippen LogP) is 4.88. The van der Waals surface area contributed by atoms with Crippen LogP contribution in [0.5, 0.6) is 0 Å². The van der Waals surface area contributed by atoms with Crippen molar-refractivity contribution in [3.05, 3.63) is 88.9 Å². The number of amides is 3. The van der Waals surface area contributed by atoms with Crippen molar-refractivity contribution in [2.75, 3.05) is 16.9 Å². The molecule has 0 aromatic heterocycles. The molecule has 0 aliphatic heterocycles. The van der Waals surface area contributed by atoms with Gasteiger partial charge in [-0.3, -0.25) is 4.79 Å². The van der Waals surface area contributed by atoms with Crippen molar-refractivity contribution < 1.29 is 18.0 Å². The van der Waals surface area contributed by atoms with Gasteiger partial charge in [0.2, 0.25) is 0 Å². The summed E-state index contributed by atoms with van der Waals surface area (Å²) >= 11 is 6.29. The minimum Gasteiger partial charge on any atom is -0.330 e. The highest BCUT2D eigenvalue weighted by Gasteiger charge is 2.15. The largest absolute Gasteiger partial charge is 0.330 e. The molecule has 0 spiro atoms. The molecule has 3 N–H and O–H groups in total. The van der Waals surface area contributed by atoms with Crippen LogP contribution in [0.25, 0.3) is 0 Å². The Bertz CT molecular complexity index is 1350. The molecule has 3 aromatic rings. The number of terminal acetylenes is 1. The maximum absolute atomic E-state index is 12.6. The first-order valence-electron chi connectivity index (χ1n) is 10.1. The highest BCUT2D eigenvalue weighted by Crippen LogP contribution is 2.26. The number of halogens is 1. The third-order valence-electron chi connectivity index (χ3n) is 4.83. The Hall–Kier alpha value is -3.80. The fourth-order valence-corrected chi connectivity index (χ4v) is 4.03. The topological polar surface area (TPSA) is 104 Å². The van der Waals surface area contributed by atoms with Crippen LogP contribution < -0.4 is 16.0 Å². The molecule has 3 rings (SSSR count). The van der Waals surface area contributed by atoms with Crippen molar-refractivity contribution in [3.63, 3.8) is 0 Å². The van der Waals surface area contributed by atoms with Crippen LogP contribution in [0.2, 0.25) is 5.02 Å². The number of hydrogen-bond acceptors (Lipinski definition) is 4. The Labute approximate surface area is 203 Å². The molecule has 0 bridgehead atoms. The van der Waals surface area contributed by atoms with Crippen molar-refractivity contribution >= 4 is 44.8 Å². The lowest BCUT2D eigenvalue weighted by molar-refractivity contribution is 0.102. The second-order valence-corrected chi connectivity index (χ2v) is 9.84. The Morgan fingerprint density at radius 2 is 1.74 bits per heavy atom. The zero-order chi connectivity index (χ0) is 24.7. The van der Waals surface area contributed by atoms with E-state index in [-0.39, 0.29) is 21.5 Å². The first kappa shape index (κ1) is 24.8. The summed E-state index contributed by atoms with van der Waals surface area (Å²) in [5.74, 6) is 2.04. The van der Waals surface area contributed by atoms with Gasteiger partial charge in [0.25, 0.3) is 5.91 Å². The second kappa shape index (κ2) is 10.9. The predicted molar refractivity (Wildman–Crippen MR) is 134 cm³/mol. The van der Waals surface area contributed by atoms with Gasteiger partial charge < -0.3 is 16.0 Å². The SMILES string of the molecule is C#CCC(NC(=O)Nc1ccc(NC(=O)c2cccc(S(C)(=O)=O)c2)c(Cl)c1)c1ccccc1. The van der Waals surface area contributed by atoms with Gasteiger partial charge in [0.15, 0.2) is 9.84 Å². The van der Waals surface area contributed by atoms with Gasteiger partial charge in [-0.15, -0.1) is 12.3 Å². The van der Waals surface area contributed by atoms with E-state index in [0.717, 1.165) is 11.8 Å². The fourth-order valence-electron chi connectivity index (χ4n) is 3.14. The number of carbonyl (C=O) groups is 2. The first-order chi connectivity index (χ1) is 16.2. The quantitative estimate of drug-likeness (QED) is 0.406. The van der Waals surface area contributed by atoms with E-state index < -0.39 is 21.8 Å². The summed E-state index contributed by atoms with van der Waals surface area (Å²) in [7, 11) is -3.45. The molecule has 3 aromatic carbocycles. The normalized spacial score (nSPS) is 11.7. The Morgan fingerprint density at radius 1 is 1.00 bits per heavy atom. The van der Waals surface area contributed by atoms with Crippen LogP contribution in [0.1, 0.15) is 28.4 Å². The second-order valence-electron chi connectivity index (χ2n) is 7.42. The van der Waals surface area contributed by atoms with Gasteiger partial charge in [-0.2, -0.15) is 0 Å². The monoisotopic (exact) mass is 495 g/mol. The van der Waals surface area contributed by atoms with E-state index in [2.05, 4.69) is 21.9 Å². The molecule has 0 aliphatic rings. The van der Waals surface area contributed by atoms with Crippen LogP contribution in [-0.4, -0.2) is 26.6 Å². The summed E-state index contributed by atoms with van der Waals surface area (Å²) in [5, 5.41) is 8.36. The van der Waals surface area contributed by atoms with Crippen molar-refractivity contribution in [3.8, 4) is 12.3 Å². The van der Waals surface area contributed by atoms with Crippen LogP contribution in [0.3, 0.4) is 0 Å². The molecule has 0 radical (unpaired) electrons. The summed E-state index contributed by atoms with van der Waals surface area (Å²) in [6.07, 6.45) is 6.83. The summed E-state index contributed by atoms with van der Waals surface area (Å²) in [5.41, 5.74) is 1.76. The Balaban J connectivity index is 1.67. The number of benzene rings is 3. The van der Waals surface area contributed by atoms with Crippen LogP contribution >= 0.6 is 11.6 Å². The van der Waals surface area contributed by atoms with E-state index >= 15 is 0 Å². The standard InChI is InChI=1S/C25H22ClN3O4S/c1-3-8-22(17-9-5-4-6-10-17)29-25(31)27-19-13-14-23(21(26)16-19)28-24(30)18-11-7-12-20(15-18)34(2,32)33/h1,4-7,9-16,22H,8H2,2H3,(H,28,30)(H2,27,29,31). The average molecular weight is 496 g/mol. The fraction of sp³-hybridized carbons (Fsp3) is 0.120. The number of hydrogen-bond donors (Lipinski definition) is 3. The van der Waals surface area contributed by atoms with Crippen LogP contribution in [0, 0.1) is 12.3 Å². The molecular formula is C25H22ClN3O4S. The lowest BCUT2D eigenvalue weighted by Gasteiger charge is -2.18. The molecule has 0 aliphatic carbocycles. The molecular weight excluding hydrogens is 474 g/mol. The van der Waals surface area contributed by atoms with Gasteiger partial charge in [-0.05, 0) is 42.0 Å². The summed E-state index contributed by atoms with van der Waals surface area (Å²) < 4.78 is 23.5. The summed E-state index contributed by atoms with van der Waals surface area (Å²) in [6.45, 7) is 0. The minimum absolute atomic E-state index is 0.0375. The van der Waals surface area contributed by atoms with Gasteiger partial charge in [-0.25, -0.2) is 13.2 Å². The van der Waals surface area contributed by atoms with E-state index in [1.54, 1.807) is 6.07 Å². The smallest absolute Gasteiger partial charge is 0.319 e. The number of urea groups is 1.